The number of fused-ring (bicyclic) bond motifs is 1. The smallest absolute Gasteiger partial charge is 0.396 e. The number of aromatic amines is 1. The molecule has 6 aromatic rings. The number of likely N-dealkylation sites (tertiary alicyclic amines) is 1. The van der Waals surface area contributed by atoms with Crippen molar-refractivity contribution in [1.29, 1.82) is 0 Å². The van der Waals surface area contributed by atoms with Crippen molar-refractivity contribution in [3.8, 4) is 16.2 Å². The fraction of sp³-hybridized carbons (Fsp3) is 0.393. The Hall–Kier alpha value is -8.08. The molecule has 3 aliphatic heterocycles. The summed E-state index contributed by atoms with van der Waals surface area (Å²) in [7, 11) is -5.06. The van der Waals surface area contributed by atoms with Gasteiger partial charge in [-0.05, 0) is 115 Å². The van der Waals surface area contributed by atoms with Crippen LogP contribution in [0.15, 0.2) is 96.5 Å². The fourth-order valence-corrected chi connectivity index (χ4v) is 12.5. The summed E-state index contributed by atoms with van der Waals surface area (Å²) in [5.74, 6) is -2.95. The summed E-state index contributed by atoms with van der Waals surface area (Å²) in [6.45, 7) is 7.58. The largest absolute Gasteiger partial charge is 0.491 e. The Kier molecular flexibility index (Phi) is 18.8. The third-order valence-electron chi connectivity index (χ3n) is 15.7. The summed E-state index contributed by atoms with van der Waals surface area (Å²) in [4.78, 5) is 138. The molecule has 22 nitrogen and oxygen atoms in total. The third-order valence-corrected chi connectivity index (χ3v) is 17.4. The quantitative estimate of drug-likeness (QED) is 0.0292. The molecule has 0 spiro atoms. The van der Waals surface area contributed by atoms with Gasteiger partial charge in [0, 0.05) is 55.2 Å². The maximum atomic E-state index is 14.5. The molecule has 0 radical (unpaired) electrons. The van der Waals surface area contributed by atoms with Crippen molar-refractivity contribution in [2.24, 2.45) is 11.1 Å². The molecule has 0 bridgehead atoms. The first-order valence-electron chi connectivity index (χ1n) is 28.2. The molecule has 9 rings (SSSR count). The fourth-order valence-electron chi connectivity index (χ4n) is 11.2. The van der Waals surface area contributed by atoms with Gasteiger partial charge in [0.05, 0.1) is 33.9 Å². The molecule has 85 heavy (non-hydrogen) atoms. The van der Waals surface area contributed by atoms with Crippen molar-refractivity contribution in [2.45, 2.75) is 135 Å². The van der Waals surface area contributed by atoms with Crippen LogP contribution in [0, 0.1) is 12.3 Å². The number of nitrogens with zero attached hydrogens (tertiary/aromatic N) is 3. The molecule has 2 aromatic heterocycles. The van der Waals surface area contributed by atoms with Crippen molar-refractivity contribution >= 4 is 82.4 Å². The average molecular weight is 1200 g/mol. The van der Waals surface area contributed by atoms with Gasteiger partial charge in [-0.25, -0.2) is 4.98 Å². The number of amides is 7. The number of para-hydroxylation sites is 1. The Morgan fingerprint density at radius 2 is 1.65 bits per heavy atom. The number of hydrogen-bond acceptors (Lipinski definition) is 13. The number of nitrogens with two attached hydrogens (primary N) is 1. The van der Waals surface area contributed by atoms with Crippen molar-refractivity contribution in [1.82, 2.24) is 36.1 Å². The number of carbonyl (C=O) groups is 8. The summed E-state index contributed by atoms with van der Waals surface area (Å²) >= 11 is 1.55. The number of unbranched alkanes of at least 4 members (excludes halogenated alkanes) is 1. The molecule has 3 aliphatic rings. The van der Waals surface area contributed by atoms with Crippen LogP contribution in [0.4, 0.5) is 5.69 Å². The number of benzene rings is 4. The number of aliphatic hydroxyl groups is 1. The average Bonchev–Trinajstić information content (AvgIpc) is 1.89. The number of nitrogens with one attached hydrogen (secondary N) is 5. The van der Waals surface area contributed by atoms with E-state index in [0.717, 1.165) is 38.4 Å². The lowest BCUT2D eigenvalue weighted by Gasteiger charge is -2.35. The highest BCUT2D eigenvalue weighted by Crippen LogP contribution is 2.41. The Balaban J connectivity index is 0.770. The van der Waals surface area contributed by atoms with Crippen LogP contribution in [0.25, 0.3) is 21.3 Å². The zero-order chi connectivity index (χ0) is 60.9. The molecule has 0 saturated carbocycles. The van der Waals surface area contributed by atoms with E-state index in [1.807, 2.05) is 88.4 Å². The van der Waals surface area contributed by atoms with Gasteiger partial charge in [-0.2, -0.15) is 0 Å². The van der Waals surface area contributed by atoms with Crippen LogP contribution in [0.5, 0.6) is 5.75 Å². The number of carbonyl (C=O) groups excluding carboxylic acids is 8. The van der Waals surface area contributed by atoms with Gasteiger partial charge < -0.3 is 56.5 Å². The number of ether oxygens (including phenoxy) is 1. The summed E-state index contributed by atoms with van der Waals surface area (Å²) in [5.41, 5.74) is 11.4. The van der Waals surface area contributed by atoms with Crippen LogP contribution in [-0.4, -0.2) is 126 Å². The van der Waals surface area contributed by atoms with Crippen LogP contribution < -0.4 is 36.6 Å². The second kappa shape index (κ2) is 26.0. The Bertz CT molecular complexity index is 3590. The SMILES string of the molecule is Cc1ncsc1-c1ccc(CNC(=O)[C@@H]2C[C@@H](O)CN2C(=O)[C@@H](NC(=O)CCCCc2cccc(OC[C@H](CCC(N)=O)NC(=O)[C@@H]3Cc4cccc5c4N3C(=O)[C@@H](NC(=O)c3cc4cc(C(=O)P(=O)(O)O)ccc4[nH]3)CC5)c2)C(C)(C)C)cc1. The third kappa shape index (κ3) is 14.7. The maximum Gasteiger partial charge on any atom is 0.396 e. The highest BCUT2D eigenvalue weighted by molar-refractivity contribution is 7.70. The summed E-state index contributed by atoms with van der Waals surface area (Å²) in [6.07, 6.45) is 1.80. The first-order chi connectivity index (χ1) is 40.4. The van der Waals surface area contributed by atoms with Crippen molar-refractivity contribution in [2.75, 3.05) is 18.1 Å². The number of β-amino-alcohol motifs (C(OH)–C–C–N with tert-alkyl or cyclic N) is 1. The van der Waals surface area contributed by atoms with E-state index in [9.17, 15) is 57.8 Å². The zero-order valence-electron chi connectivity index (χ0n) is 47.6. The predicted octanol–water partition coefficient (Wildman–Crippen LogP) is 5.27. The first kappa shape index (κ1) is 61.5. The highest BCUT2D eigenvalue weighted by Gasteiger charge is 2.46. The summed E-state index contributed by atoms with van der Waals surface area (Å²) in [6, 6.07) is 21.3. The summed E-state index contributed by atoms with van der Waals surface area (Å²) < 4.78 is 17.8. The monoisotopic (exact) mass is 1200 g/mol. The van der Waals surface area contributed by atoms with Crippen molar-refractivity contribution in [3.63, 3.8) is 0 Å². The van der Waals surface area contributed by atoms with Crippen LogP contribution in [0.2, 0.25) is 0 Å². The van der Waals surface area contributed by atoms with Gasteiger partial charge in [-0.3, -0.25) is 47.8 Å². The molecule has 0 unspecified atom stereocenters. The van der Waals surface area contributed by atoms with Gasteiger partial charge in [-0.15, -0.1) is 11.3 Å². The highest BCUT2D eigenvalue weighted by atomic mass is 32.1. The molecule has 1 fully saturated rings. The van der Waals surface area contributed by atoms with Gasteiger partial charge in [0.25, 0.3) is 11.4 Å². The zero-order valence-corrected chi connectivity index (χ0v) is 49.3. The standard InChI is InChI=1S/C61H70N9O13PS/c1-34-53(85-33-64-34)38-17-15-36(16-18-38)30-63-56(75)48-29-43(71)31-69(48)59(78)54(61(2,3)4)68-51(73)14-6-5-9-35-10-7-13-44(25-35)83-32-42(21-24-50(62)72)65-57(76)49-28-39-12-8-11-37-19-23-46(58(77)70(49)52(37)39)67-55(74)47-27-41-26-40(20-22-45(41)66-47)60(79)84(80,81)82/h7-8,10-13,15-18,20,22,25-27,33,42-43,46,48-49,54,66,71H,5-6,9,14,19,21,23-24,28-32H2,1-4H3,(H2,62,72)(H,63,75)(H,65,76)(H,67,74)(H,68,73)(H2,80,81,82)/t42-,43+,46-,48-,49-,54+/m0/s1. The number of thiazole rings is 1. The second-order valence-corrected chi connectivity index (χ2v) is 25.4. The van der Waals surface area contributed by atoms with Crippen LogP contribution >= 0.6 is 18.9 Å². The minimum atomic E-state index is -5.06. The molecule has 4 aromatic carbocycles. The molecular formula is C61H70N9O13PS. The van der Waals surface area contributed by atoms with E-state index in [4.69, 9.17) is 10.5 Å². The lowest BCUT2D eigenvalue weighted by molar-refractivity contribution is -0.144. The van der Waals surface area contributed by atoms with Gasteiger partial charge >= 0.3 is 7.60 Å². The van der Waals surface area contributed by atoms with E-state index in [-0.39, 0.29) is 75.4 Å². The number of aromatic nitrogens is 2. The van der Waals surface area contributed by atoms with E-state index in [2.05, 4.69) is 31.2 Å². The molecular weight excluding hydrogens is 1130 g/mol. The van der Waals surface area contributed by atoms with E-state index < -0.39 is 90.3 Å². The molecule has 1 saturated heterocycles. The van der Waals surface area contributed by atoms with Gasteiger partial charge in [0.1, 0.15) is 42.2 Å². The lowest BCUT2D eigenvalue weighted by atomic mass is 9.85. The van der Waals surface area contributed by atoms with Crippen LogP contribution in [0.1, 0.15) is 115 Å². The number of primary amides is 1. The molecule has 6 atom stereocenters. The Morgan fingerprint density at radius 3 is 2.36 bits per heavy atom. The van der Waals surface area contributed by atoms with E-state index in [1.54, 1.807) is 22.9 Å². The maximum absolute atomic E-state index is 14.5. The van der Waals surface area contributed by atoms with Crippen molar-refractivity contribution < 1.29 is 62.6 Å². The van der Waals surface area contributed by atoms with Gasteiger partial charge in [-0.1, -0.05) is 75.4 Å². The Morgan fingerprint density at radius 1 is 0.894 bits per heavy atom. The molecule has 448 valence electrons. The molecule has 10 N–H and O–H groups in total. The minimum Gasteiger partial charge on any atom is -0.491 e. The number of H-pyrrole nitrogens is 1. The number of aryl methyl sites for hydroxylation is 3. The number of anilines is 1. The van der Waals surface area contributed by atoms with E-state index in [0.29, 0.717) is 48.0 Å². The summed E-state index contributed by atoms with van der Waals surface area (Å²) in [5, 5.41) is 22.7. The first-order valence-corrected chi connectivity index (χ1v) is 30.7. The number of hydrogen-bond donors (Lipinski definition) is 9. The van der Waals surface area contributed by atoms with Crippen LogP contribution in [-0.2, 0) is 59.1 Å². The topological polar surface area (TPSA) is 333 Å². The molecule has 5 heterocycles. The van der Waals surface area contributed by atoms with Crippen LogP contribution in [0.3, 0.4) is 0 Å². The number of aliphatic hydroxyl groups excluding tert-OH is 1. The van der Waals surface area contributed by atoms with E-state index in [1.165, 1.54) is 34.1 Å². The predicted molar refractivity (Wildman–Crippen MR) is 317 cm³/mol. The minimum absolute atomic E-state index is 0.0308. The van der Waals surface area contributed by atoms with E-state index >= 15 is 0 Å². The second-order valence-electron chi connectivity index (χ2n) is 23.1. The Labute approximate surface area is 494 Å². The molecule has 7 amide bonds. The normalized spacial score (nSPS) is 18.3. The number of rotatable bonds is 23. The molecule has 0 aliphatic carbocycles. The molecule has 24 heteroatoms. The van der Waals surface area contributed by atoms with Crippen molar-refractivity contribution in [3.05, 3.63) is 136 Å². The lowest BCUT2D eigenvalue weighted by Crippen LogP contribution is -2.57. The van der Waals surface area contributed by atoms with Gasteiger partial charge in [0.15, 0.2) is 0 Å². The van der Waals surface area contributed by atoms with Gasteiger partial charge in [0.2, 0.25) is 35.4 Å².